The van der Waals surface area contributed by atoms with Crippen molar-refractivity contribution in [3.05, 3.63) is 55.8 Å². The number of hydrogen-bond acceptors (Lipinski definition) is 4. The lowest BCUT2D eigenvalue weighted by molar-refractivity contribution is -0.114. The molecule has 0 radical (unpaired) electrons. The lowest BCUT2D eigenvalue weighted by Gasteiger charge is -2.13. The minimum atomic E-state index is -0.0947. The Morgan fingerprint density at radius 2 is 2.08 bits per heavy atom. The Kier molecular flexibility index (Phi) is 4.10. The van der Waals surface area contributed by atoms with Gasteiger partial charge in [0.05, 0.1) is 27.9 Å². The molecule has 2 aliphatic heterocycles. The number of carbonyl (C=O) groups is 1. The van der Waals surface area contributed by atoms with Gasteiger partial charge in [-0.05, 0) is 46.3 Å². The van der Waals surface area contributed by atoms with Gasteiger partial charge in [0.25, 0.3) is 5.91 Å². The number of benzene rings is 2. The topological polar surface area (TPSA) is 41.6 Å². The van der Waals surface area contributed by atoms with Crippen LogP contribution in [0.3, 0.4) is 0 Å². The monoisotopic (exact) mass is 466 g/mol. The maximum Gasteiger partial charge on any atom is 0.267 e. The molecular weight excluding hydrogens is 456 g/mol. The van der Waals surface area contributed by atoms with E-state index in [0.29, 0.717) is 10.7 Å². The van der Waals surface area contributed by atoms with Crippen LogP contribution in [-0.4, -0.2) is 18.5 Å². The standard InChI is InChI=1S/C17H12Br2N2O2S/c1-23-15-9(6-10(18)8-11(15)19)7-14-16(22)21-13-5-3-2-4-12(13)20-17(21)24-14/h2-8,17,20H,1H3/b14-7-/t17-/m1/s1. The molecule has 2 aromatic carbocycles. The lowest BCUT2D eigenvalue weighted by Crippen LogP contribution is -2.31. The molecule has 0 unspecified atom stereocenters. The zero-order valence-corrected chi connectivity index (χ0v) is 16.5. The number of amides is 1. The van der Waals surface area contributed by atoms with Gasteiger partial charge in [-0.15, -0.1) is 0 Å². The van der Waals surface area contributed by atoms with Gasteiger partial charge in [0.15, 0.2) is 5.50 Å². The van der Waals surface area contributed by atoms with Crippen LogP contribution < -0.4 is 15.0 Å². The molecule has 1 atom stereocenters. The minimum absolute atomic E-state index is 0.000557. The number of ether oxygens (including phenoxy) is 1. The number of halogens is 2. The van der Waals surface area contributed by atoms with Gasteiger partial charge in [0.1, 0.15) is 5.75 Å². The highest BCUT2D eigenvalue weighted by molar-refractivity contribution is 9.11. The number of thioether (sulfide) groups is 1. The first kappa shape index (κ1) is 16.1. The summed E-state index contributed by atoms with van der Waals surface area (Å²) in [6, 6.07) is 11.7. The normalized spacial score (nSPS) is 20.1. The number of nitrogens with zero attached hydrogens (tertiary/aromatic N) is 1. The predicted molar refractivity (Wildman–Crippen MR) is 105 cm³/mol. The van der Waals surface area contributed by atoms with Crippen molar-refractivity contribution >= 4 is 67.0 Å². The fourth-order valence-electron chi connectivity index (χ4n) is 2.86. The van der Waals surface area contributed by atoms with E-state index in [2.05, 4.69) is 37.2 Å². The fraction of sp³-hybridized carbons (Fsp3) is 0.118. The van der Waals surface area contributed by atoms with Crippen LogP contribution in [0.25, 0.3) is 6.08 Å². The molecular formula is C17H12Br2N2O2S. The molecule has 0 saturated carbocycles. The molecule has 2 heterocycles. The van der Waals surface area contributed by atoms with Crippen LogP contribution in [0.4, 0.5) is 11.4 Å². The molecule has 4 rings (SSSR count). The molecule has 1 fully saturated rings. The van der Waals surface area contributed by atoms with Gasteiger partial charge < -0.3 is 10.1 Å². The molecule has 2 aromatic rings. The highest BCUT2D eigenvalue weighted by atomic mass is 79.9. The second kappa shape index (κ2) is 6.13. The van der Waals surface area contributed by atoms with Crippen LogP contribution >= 0.6 is 43.6 Å². The van der Waals surface area contributed by atoms with E-state index in [1.165, 1.54) is 11.8 Å². The summed E-state index contributed by atoms with van der Waals surface area (Å²) >= 11 is 8.49. The summed E-state index contributed by atoms with van der Waals surface area (Å²) in [5.74, 6) is 0.708. The average Bonchev–Trinajstić information content (AvgIpc) is 3.04. The van der Waals surface area contributed by atoms with Gasteiger partial charge in [-0.1, -0.05) is 39.8 Å². The number of fused-ring (bicyclic) bond motifs is 3. The van der Waals surface area contributed by atoms with E-state index in [9.17, 15) is 4.79 Å². The lowest BCUT2D eigenvalue weighted by atomic mass is 10.2. The SMILES string of the molecule is COc1c(Br)cc(Br)cc1/C=C1\S[C@@H]2Nc3ccccc3N2C1=O. The molecule has 7 heteroatoms. The minimum Gasteiger partial charge on any atom is -0.495 e. The first-order valence-corrected chi connectivity index (χ1v) is 9.65. The molecule has 4 nitrogen and oxygen atoms in total. The molecule has 1 amide bonds. The zero-order valence-electron chi connectivity index (χ0n) is 12.5. The Bertz CT molecular complexity index is 885. The predicted octanol–water partition coefficient (Wildman–Crippen LogP) is 5.05. The summed E-state index contributed by atoms with van der Waals surface area (Å²) in [5.41, 5.74) is 2.67. The van der Waals surface area contributed by atoms with Crippen LogP contribution in [0.1, 0.15) is 5.56 Å². The summed E-state index contributed by atoms with van der Waals surface area (Å²) in [5, 5.41) is 3.37. The third kappa shape index (κ3) is 2.55. The Hall–Kier alpha value is -1.44. The van der Waals surface area contributed by atoms with Gasteiger partial charge in [-0.25, -0.2) is 0 Å². The average molecular weight is 468 g/mol. The van der Waals surface area contributed by atoms with E-state index in [1.807, 2.05) is 42.5 Å². The van der Waals surface area contributed by atoms with E-state index in [0.717, 1.165) is 25.9 Å². The number of nitrogens with one attached hydrogen (secondary N) is 1. The van der Waals surface area contributed by atoms with Crippen molar-refractivity contribution in [2.24, 2.45) is 0 Å². The Morgan fingerprint density at radius 3 is 2.88 bits per heavy atom. The number of rotatable bonds is 2. The van der Waals surface area contributed by atoms with E-state index >= 15 is 0 Å². The fourth-order valence-corrected chi connectivity index (χ4v) is 5.41. The number of carbonyl (C=O) groups excluding carboxylic acids is 1. The van der Waals surface area contributed by atoms with E-state index in [-0.39, 0.29) is 11.4 Å². The molecule has 0 bridgehead atoms. The van der Waals surface area contributed by atoms with Crippen molar-refractivity contribution in [3.8, 4) is 5.75 Å². The second-order valence-corrected chi connectivity index (χ2v) is 8.22. The Labute approximate surface area is 160 Å². The third-order valence-corrected chi connectivity index (χ3v) is 6.02. The summed E-state index contributed by atoms with van der Waals surface area (Å²) < 4.78 is 7.22. The largest absolute Gasteiger partial charge is 0.495 e. The Balaban J connectivity index is 1.74. The van der Waals surface area contributed by atoms with E-state index < -0.39 is 0 Å². The number of hydrogen-bond donors (Lipinski definition) is 1. The zero-order chi connectivity index (χ0) is 16.8. The maximum atomic E-state index is 12.9. The van der Waals surface area contributed by atoms with Crippen molar-refractivity contribution in [3.63, 3.8) is 0 Å². The molecule has 0 aromatic heterocycles. The van der Waals surface area contributed by atoms with Crippen molar-refractivity contribution in [2.75, 3.05) is 17.3 Å². The number of methoxy groups -OCH3 is 1. The maximum absolute atomic E-state index is 12.9. The van der Waals surface area contributed by atoms with Crippen LogP contribution in [0.15, 0.2) is 50.2 Å². The first-order valence-electron chi connectivity index (χ1n) is 7.19. The van der Waals surface area contributed by atoms with Gasteiger partial charge in [-0.3, -0.25) is 9.69 Å². The van der Waals surface area contributed by atoms with Crippen LogP contribution in [0.2, 0.25) is 0 Å². The van der Waals surface area contributed by atoms with Gasteiger partial charge >= 0.3 is 0 Å². The summed E-state index contributed by atoms with van der Waals surface area (Å²) in [4.78, 5) is 15.3. The second-order valence-electron chi connectivity index (χ2n) is 5.33. The van der Waals surface area contributed by atoms with Crippen molar-refractivity contribution < 1.29 is 9.53 Å². The van der Waals surface area contributed by atoms with Gasteiger partial charge in [0, 0.05) is 10.0 Å². The first-order chi connectivity index (χ1) is 11.6. The van der Waals surface area contributed by atoms with Crippen LogP contribution in [0, 0.1) is 0 Å². The highest BCUT2D eigenvalue weighted by Gasteiger charge is 2.42. The van der Waals surface area contributed by atoms with E-state index in [4.69, 9.17) is 4.74 Å². The molecule has 24 heavy (non-hydrogen) atoms. The quantitative estimate of drug-likeness (QED) is 0.627. The van der Waals surface area contributed by atoms with Crippen molar-refractivity contribution in [1.29, 1.82) is 0 Å². The molecule has 0 aliphatic carbocycles. The molecule has 1 saturated heterocycles. The molecule has 122 valence electrons. The number of para-hydroxylation sites is 2. The van der Waals surface area contributed by atoms with Crippen molar-refractivity contribution in [1.82, 2.24) is 0 Å². The molecule has 0 spiro atoms. The number of anilines is 2. The molecule has 1 N–H and O–H groups in total. The summed E-state index contributed by atoms with van der Waals surface area (Å²) in [6.45, 7) is 0. The smallest absolute Gasteiger partial charge is 0.267 e. The highest BCUT2D eigenvalue weighted by Crippen LogP contribution is 2.47. The van der Waals surface area contributed by atoms with Crippen LogP contribution in [-0.2, 0) is 4.79 Å². The molecule has 2 aliphatic rings. The van der Waals surface area contributed by atoms with Crippen LogP contribution in [0.5, 0.6) is 5.75 Å². The third-order valence-electron chi connectivity index (χ3n) is 3.87. The van der Waals surface area contributed by atoms with Crippen molar-refractivity contribution in [2.45, 2.75) is 5.50 Å². The van der Waals surface area contributed by atoms with E-state index in [1.54, 1.807) is 12.0 Å². The summed E-state index contributed by atoms with van der Waals surface area (Å²) in [7, 11) is 1.62. The Morgan fingerprint density at radius 1 is 1.29 bits per heavy atom. The van der Waals surface area contributed by atoms with Gasteiger partial charge in [-0.2, -0.15) is 0 Å². The van der Waals surface area contributed by atoms with Gasteiger partial charge in [0.2, 0.25) is 0 Å². The summed E-state index contributed by atoms with van der Waals surface area (Å²) in [6.07, 6.45) is 1.88.